The Kier molecular flexibility index (Phi) is 7.15. The first kappa shape index (κ1) is 16.6. The quantitative estimate of drug-likeness (QED) is 0.770. The molecule has 0 bridgehead atoms. The zero-order valence-corrected chi connectivity index (χ0v) is 11.8. The van der Waals surface area contributed by atoms with Gasteiger partial charge in [-0.3, -0.25) is 4.79 Å². The van der Waals surface area contributed by atoms with Crippen LogP contribution >= 0.6 is 0 Å². The summed E-state index contributed by atoms with van der Waals surface area (Å²) in [6.07, 6.45) is 3.19. The maximum atomic E-state index is 13.4. The van der Waals surface area contributed by atoms with Gasteiger partial charge in [0, 0.05) is 19.0 Å². The zero-order valence-electron chi connectivity index (χ0n) is 11.8. The number of benzene rings is 1. The number of amides is 1. The summed E-state index contributed by atoms with van der Waals surface area (Å²) in [5.41, 5.74) is 5.81. The smallest absolute Gasteiger partial charge is 0.220 e. The summed E-state index contributed by atoms with van der Waals surface area (Å²) in [4.78, 5) is 11.8. The molecule has 1 atom stereocenters. The van der Waals surface area contributed by atoms with Gasteiger partial charge in [0.25, 0.3) is 0 Å². The Morgan fingerprint density at radius 1 is 1.40 bits per heavy atom. The molecule has 1 aromatic rings. The summed E-state index contributed by atoms with van der Waals surface area (Å²) in [7, 11) is 0. The predicted molar refractivity (Wildman–Crippen MR) is 75.2 cm³/mol. The minimum atomic E-state index is -0.884. The highest BCUT2D eigenvalue weighted by atomic mass is 19.2. The molecular formula is C15H22F2N2O. The van der Waals surface area contributed by atoms with Gasteiger partial charge in [-0.2, -0.15) is 0 Å². The first-order valence-electron chi connectivity index (χ1n) is 7.00. The van der Waals surface area contributed by atoms with Crippen LogP contribution in [0.1, 0.15) is 38.2 Å². The van der Waals surface area contributed by atoms with Crippen molar-refractivity contribution in [1.82, 2.24) is 5.32 Å². The number of nitrogens with one attached hydrogen (secondary N) is 1. The van der Waals surface area contributed by atoms with Crippen LogP contribution in [-0.4, -0.2) is 18.5 Å². The van der Waals surface area contributed by atoms with E-state index in [1.54, 1.807) is 0 Å². The number of rotatable bonds is 8. The van der Waals surface area contributed by atoms with Crippen molar-refractivity contribution in [2.24, 2.45) is 5.73 Å². The summed E-state index contributed by atoms with van der Waals surface area (Å²) in [6, 6.07) is 3.95. The number of halogens is 2. The van der Waals surface area contributed by atoms with Crippen LogP contribution in [0.5, 0.6) is 0 Å². The highest BCUT2D eigenvalue weighted by Crippen LogP contribution is 2.13. The number of carbonyl (C=O) groups excluding carboxylic acids is 1. The van der Waals surface area contributed by atoms with E-state index in [9.17, 15) is 13.6 Å². The molecule has 1 aromatic carbocycles. The third-order valence-corrected chi connectivity index (χ3v) is 3.21. The van der Waals surface area contributed by atoms with Crippen LogP contribution in [0.2, 0.25) is 0 Å². The summed E-state index contributed by atoms with van der Waals surface area (Å²) in [6.45, 7) is 2.46. The van der Waals surface area contributed by atoms with E-state index in [-0.39, 0.29) is 30.4 Å². The number of aryl methyl sites for hydroxylation is 1. The fourth-order valence-electron chi connectivity index (χ4n) is 1.99. The largest absolute Gasteiger partial charge is 0.352 e. The van der Waals surface area contributed by atoms with Crippen molar-refractivity contribution in [1.29, 1.82) is 0 Å². The van der Waals surface area contributed by atoms with Gasteiger partial charge in [-0.25, -0.2) is 8.78 Å². The minimum absolute atomic E-state index is 0.0418. The molecule has 0 fully saturated rings. The molecule has 0 heterocycles. The Balaban J connectivity index is 2.44. The molecule has 0 saturated heterocycles. The van der Waals surface area contributed by atoms with Gasteiger partial charge in [-0.15, -0.1) is 0 Å². The van der Waals surface area contributed by atoms with Crippen molar-refractivity contribution in [3.8, 4) is 0 Å². The van der Waals surface area contributed by atoms with E-state index in [0.717, 1.165) is 25.3 Å². The van der Waals surface area contributed by atoms with Crippen LogP contribution in [0.4, 0.5) is 8.78 Å². The molecule has 0 saturated carbocycles. The van der Waals surface area contributed by atoms with E-state index in [1.165, 1.54) is 12.1 Å². The van der Waals surface area contributed by atoms with Crippen molar-refractivity contribution < 1.29 is 13.6 Å². The van der Waals surface area contributed by atoms with Crippen molar-refractivity contribution >= 4 is 5.91 Å². The third kappa shape index (κ3) is 5.25. The summed E-state index contributed by atoms with van der Waals surface area (Å²) >= 11 is 0. The molecule has 20 heavy (non-hydrogen) atoms. The van der Waals surface area contributed by atoms with E-state index >= 15 is 0 Å². The number of hydrogen-bond donors (Lipinski definition) is 2. The number of unbranched alkanes of at least 4 members (excludes halogenated alkanes) is 1. The van der Waals surface area contributed by atoms with Gasteiger partial charge in [-0.05, 0) is 24.5 Å². The lowest BCUT2D eigenvalue weighted by molar-refractivity contribution is -0.121. The van der Waals surface area contributed by atoms with Gasteiger partial charge in [0.05, 0.1) is 0 Å². The summed E-state index contributed by atoms with van der Waals surface area (Å²) < 4.78 is 26.4. The molecule has 1 amide bonds. The Bertz CT molecular complexity index is 438. The van der Waals surface area contributed by atoms with Crippen LogP contribution < -0.4 is 11.1 Å². The fourth-order valence-corrected chi connectivity index (χ4v) is 1.99. The standard InChI is InChI=1S/C15H22F2N2O/c1-2-3-6-12(10-18)19-14(20)9-8-11-5-4-7-13(16)15(11)17/h4-5,7,12H,2-3,6,8-10,18H2,1H3,(H,19,20). The molecule has 0 radical (unpaired) electrons. The topological polar surface area (TPSA) is 55.1 Å². The Hall–Kier alpha value is -1.49. The lowest BCUT2D eigenvalue weighted by Gasteiger charge is -2.16. The van der Waals surface area contributed by atoms with E-state index in [1.807, 2.05) is 0 Å². The van der Waals surface area contributed by atoms with Crippen molar-refractivity contribution in [2.45, 2.75) is 45.1 Å². The fraction of sp³-hybridized carbons (Fsp3) is 0.533. The van der Waals surface area contributed by atoms with E-state index in [0.29, 0.717) is 6.54 Å². The number of hydrogen-bond acceptors (Lipinski definition) is 2. The second kappa shape index (κ2) is 8.64. The maximum Gasteiger partial charge on any atom is 0.220 e. The van der Waals surface area contributed by atoms with Gasteiger partial charge in [0.1, 0.15) is 0 Å². The van der Waals surface area contributed by atoms with Gasteiger partial charge >= 0.3 is 0 Å². The average Bonchev–Trinajstić information content (AvgIpc) is 2.45. The van der Waals surface area contributed by atoms with E-state index < -0.39 is 11.6 Å². The highest BCUT2D eigenvalue weighted by Gasteiger charge is 2.12. The molecule has 0 aliphatic heterocycles. The van der Waals surface area contributed by atoms with Crippen LogP contribution in [-0.2, 0) is 11.2 Å². The lowest BCUT2D eigenvalue weighted by atomic mass is 10.1. The third-order valence-electron chi connectivity index (χ3n) is 3.21. The van der Waals surface area contributed by atoms with E-state index in [2.05, 4.69) is 12.2 Å². The normalized spacial score (nSPS) is 12.2. The van der Waals surface area contributed by atoms with Gasteiger partial charge in [0.15, 0.2) is 11.6 Å². The Morgan fingerprint density at radius 2 is 2.15 bits per heavy atom. The zero-order chi connectivity index (χ0) is 15.0. The summed E-state index contributed by atoms with van der Waals surface area (Å²) in [5.74, 6) is -1.94. The molecule has 0 aliphatic carbocycles. The SMILES string of the molecule is CCCCC(CN)NC(=O)CCc1cccc(F)c1F. The average molecular weight is 284 g/mol. The van der Waals surface area contributed by atoms with Gasteiger partial charge in [-0.1, -0.05) is 31.9 Å². The molecule has 5 heteroatoms. The molecule has 3 N–H and O–H groups in total. The summed E-state index contributed by atoms with van der Waals surface area (Å²) in [5, 5.41) is 2.83. The number of nitrogens with two attached hydrogens (primary N) is 1. The molecule has 1 unspecified atom stereocenters. The molecule has 112 valence electrons. The monoisotopic (exact) mass is 284 g/mol. The first-order chi connectivity index (χ1) is 9.58. The second-order valence-electron chi connectivity index (χ2n) is 4.86. The molecule has 3 nitrogen and oxygen atoms in total. The molecular weight excluding hydrogens is 262 g/mol. The van der Waals surface area contributed by atoms with E-state index in [4.69, 9.17) is 5.73 Å². The lowest BCUT2D eigenvalue weighted by Crippen LogP contribution is -2.40. The molecule has 0 aromatic heterocycles. The van der Waals surface area contributed by atoms with Crippen molar-refractivity contribution in [3.05, 3.63) is 35.4 Å². The molecule has 0 spiro atoms. The second-order valence-corrected chi connectivity index (χ2v) is 4.86. The maximum absolute atomic E-state index is 13.4. The Morgan fingerprint density at radius 3 is 2.80 bits per heavy atom. The highest BCUT2D eigenvalue weighted by molar-refractivity contribution is 5.76. The van der Waals surface area contributed by atoms with Crippen LogP contribution in [0, 0.1) is 11.6 Å². The van der Waals surface area contributed by atoms with Crippen LogP contribution in [0.15, 0.2) is 18.2 Å². The van der Waals surface area contributed by atoms with Crippen molar-refractivity contribution in [3.63, 3.8) is 0 Å². The number of carbonyl (C=O) groups is 1. The minimum Gasteiger partial charge on any atom is -0.352 e. The molecule has 0 aliphatic rings. The molecule has 1 rings (SSSR count). The Labute approximate surface area is 118 Å². The van der Waals surface area contributed by atoms with Gasteiger partial charge in [0.2, 0.25) is 5.91 Å². The van der Waals surface area contributed by atoms with Crippen LogP contribution in [0.25, 0.3) is 0 Å². The van der Waals surface area contributed by atoms with Gasteiger partial charge < -0.3 is 11.1 Å². The predicted octanol–water partition coefficient (Wildman–Crippen LogP) is 2.53. The first-order valence-corrected chi connectivity index (χ1v) is 7.00. The van der Waals surface area contributed by atoms with Crippen LogP contribution in [0.3, 0.4) is 0 Å². The van der Waals surface area contributed by atoms with Crippen molar-refractivity contribution in [2.75, 3.05) is 6.54 Å².